The fourth-order valence-electron chi connectivity index (χ4n) is 6.10. The van der Waals surface area contributed by atoms with Gasteiger partial charge in [-0.1, -0.05) is 43.2 Å². The number of amides is 1. The van der Waals surface area contributed by atoms with Crippen molar-refractivity contribution >= 4 is 28.4 Å². The van der Waals surface area contributed by atoms with E-state index in [2.05, 4.69) is 50.3 Å². The molecule has 0 aliphatic heterocycles. The van der Waals surface area contributed by atoms with E-state index in [1.54, 1.807) is 10.7 Å². The van der Waals surface area contributed by atoms with Crippen LogP contribution in [0.2, 0.25) is 0 Å². The number of carbonyl (C=O) groups is 1. The Hall–Kier alpha value is -4.24. The lowest BCUT2D eigenvalue weighted by atomic mass is 9.89. The van der Waals surface area contributed by atoms with Crippen molar-refractivity contribution in [2.45, 2.75) is 63.3 Å². The van der Waals surface area contributed by atoms with Crippen molar-refractivity contribution in [3.8, 4) is 11.3 Å². The molecule has 2 N–H and O–H groups in total. The van der Waals surface area contributed by atoms with Crippen LogP contribution in [0.1, 0.15) is 60.5 Å². The summed E-state index contributed by atoms with van der Waals surface area (Å²) in [5.41, 5.74) is 4.79. The summed E-state index contributed by atoms with van der Waals surface area (Å²) in [6, 6.07) is 16.6. The number of fused-ring (bicyclic) bond motifs is 2. The second-order valence-electron chi connectivity index (χ2n) is 11.1. The average molecular weight is 536 g/mol. The molecule has 40 heavy (non-hydrogen) atoms. The third-order valence-electron chi connectivity index (χ3n) is 8.49. The summed E-state index contributed by atoms with van der Waals surface area (Å²) in [7, 11) is 2.03. The van der Waals surface area contributed by atoms with E-state index in [-0.39, 0.29) is 11.9 Å². The van der Waals surface area contributed by atoms with E-state index in [0.29, 0.717) is 30.2 Å². The van der Waals surface area contributed by atoms with Crippen molar-refractivity contribution < 1.29 is 9.90 Å². The van der Waals surface area contributed by atoms with E-state index in [0.717, 1.165) is 47.4 Å². The first-order valence-corrected chi connectivity index (χ1v) is 14.2. The van der Waals surface area contributed by atoms with Gasteiger partial charge in [0.05, 0.1) is 24.0 Å². The number of nitrogens with zero attached hydrogens (tertiary/aromatic N) is 6. The normalized spacial score (nSPS) is 19.2. The Kier molecular flexibility index (Phi) is 6.23. The molecular weight excluding hydrogens is 502 g/mol. The molecule has 9 heteroatoms. The molecule has 2 fully saturated rings. The van der Waals surface area contributed by atoms with Gasteiger partial charge in [0.25, 0.3) is 5.91 Å². The Balaban J connectivity index is 1.37. The fraction of sp³-hybridized carbons (Fsp3) is 0.355. The van der Waals surface area contributed by atoms with Crippen LogP contribution in [0, 0.1) is 0 Å². The van der Waals surface area contributed by atoms with Crippen LogP contribution in [-0.2, 0) is 6.54 Å². The lowest BCUT2D eigenvalue weighted by Gasteiger charge is -2.32. The predicted molar refractivity (Wildman–Crippen MR) is 154 cm³/mol. The number of anilines is 1. The van der Waals surface area contributed by atoms with E-state index in [4.69, 9.17) is 9.97 Å². The van der Waals surface area contributed by atoms with Gasteiger partial charge < -0.3 is 19.9 Å². The topological polar surface area (TPSA) is 101 Å². The number of pyridine rings is 1. The summed E-state index contributed by atoms with van der Waals surface area (Å²) in [4.78, 5) is 25.3. The quantitative estimate of drug-likeness (QED) is 0.312. The van der Waals surface area contributed by atoms with Crippen LogP contribution in [-0.4, -0.2) is 54.4 Å². The number of aliphatic hydroxyl groups is 1. The molecule has 4 aromatic heterocycles. The number of aromatic nitrogens is 5. The zero-order chi connectivity index (χ0) is 27.2. The number of hydrogen-bond acceptors (Lipinski definition) is 6. The predicted octanol–water partition coefficient (Wildman–Crippen LogP) is 4.75. The van der Waals surface area contributed by atoms with Crippen LogP contribution in [0.3, 0.4) is 0 Å². The summed E-state index contributed by atoms with van der Waals surface area (Å²) in [5.74, 6) is 0.562. The second kappa shape index (κ2) is 10.1. The third kappa shape index (κ3) is 4.30. The van der Waals surface area contributed by atoms with Crippen molar-refractivity contribution in [3.63, 3.8) is 0 Å². The van der Waals surface area contributed by atoms with Crippen LogP contribution in [0.15, 0.2) is 67.1 Å². The summed E-state index contributed by atoms with van der Waals surface area (Å²) in [6.07, 6.45) is 11.3. The molecule has 204 valence electrons. The van der Waals surface area contributed by atoms with Crippen LogP contribution in [0.25, 0.3) is 27.9 Å². The Morgan fingerprint density at radius 2 is 1.90 bits per heavy atom. The Morgan fingerprint density at radius 1 is 1.07 bits per heavy atom. The Bertz CT molecular complexity index is 1690. The smallest absolute Gasteiger partial charge is 0.257 e. The minimum absolute atomic E-state index is 0.235. The number of carbonyl (C=O) groups excluding carboxylic acids is 1. The second-order valence-corrected chi connectivity index (χ2v) is 11.1. The lowest BCUT2D eigenvalue weighted by molar-refractivity contribution is 0.0448. The molecule has 1 amide bonds. The van der Waals surface area contributed by atoms with Gasteiger partial charge >= 0.3 is 0 Å². The summed E-state index contributed by atoms with van der Waals surface area (Å²) < 4.78 is 4.06. The van der Waals surface area contributed by atoms with Crippen molar-refractivity contribution in [2.75, 3.05) is 11.9 Å². The lowest BCUT2D eigenvalue weighted by Crippen LogP contribution is -2.50. The van der Waals surface area contributed by atoms with Gasteiger partial charge in [-0.3, -0.25) is 4.79 Å². The van der Waals surface area contributed by atoms with Crippen LogP contribution < -0.4 is 10.2 Å². The first kappa shape index (κ1) is 24.8. The molecule has 0 unspecified atom stereocenters. The number of aliphatic hydroxyl groups excluding tert-OH is 1. The molecule has 2 saturated carbocycles. The first-order chi connectivity index (χ1) is 19.6. The molecule has 0 bridgehead atoms. The van der Waals surface area contributed by atoms with Gasteiger partial charge in [0.1, 0.15) is 17.0 Å². The van der Waals surface area contributed by atoms with Crippen LogP contribution in [0.5, 0.6) is 0 Å². The minimum atomic E-state index is -0.504. The van der Waals surface area contributed by atoms with Gasteiger partial charge in [0.15, 0.2) is 5.65 Å². The molecule has 1 aromatic carbocycles. The van der Waals surface area contributed by atoms with Crippen molar-refractivity contribution in [1.29, 1.82) is 0 Å². The fourth-order valence-corrected chi connectivity index (χ4v) is 6.10. The monoisotopic (exact) mass is 535 g/mol. The molecule has 2 aliphatic carbocycles. The first-order valence-electron chi connectivity index (χ1n) is 14.2. The summed E-state index contributed by atoms with van der Waals surface area (Å²) in [6.45, 7) is 0.667. The van der Waals surface area contributed by atoms with Crippen molar-refractivity contribution in [2.24, 2.45) is 0 Å². The zero-order valence-corrected chi connectivity index (χ0v) is 22.6. The van der Waals surface area contributed by atoms with Crippen molar-refractivity contribution in [3.05, 3.63) is 78.2 Å². The van der Waals surface area contributed by atoms with E-state index in [1.165, 1.54) is 18.4 Å². The maximum atomic E-state index is 13.3. The molecule has 2 atom stereocenters. The highest BCUT2D eigenvalue weighted by molar-refractivity contribution is 6.01. The third-order valence-corrected chi connectivity index (χ3v) is 8.49. The molecule has 9 nitrogen and oxygen atoms in total. The molecular formula is C31H33N7O2. The van der Waals surface area contributed by atoms with Crippen molar-refractivity contribution in [1.82, 2.24) is 29.5 Å². The highest BCUT2D eigenvalue weighted by atomic mass is 16.3. The van der Waals surface area contributed by atoms with Gasteiger partial charge in [-0.25, -0.2) is 9.97 Å². The maximum absolute atomic E-state index is 13.3. The SMILES string of the molecule is CN(Cc1ccccc1)c1cc(-c2cn(C3CCCC3)c3ncccc23)nc2c(C(=O)N[C@H]3CC[C@H]3O)cnn12. The average Bonchev–Trinajstić information content (AvgIpc) is 3.73. The molecule has 0 saturated heterocycles. The van der Waals surface area contributed by atoms with E-state index in [9.17, 15) is 9.90 Å². The molecule has 4 heterocycles. The van der Waals surface area contributed by atoms with Gasteiger partial charge in [0, 0.05) is 49.0 Å². The Labute approximate surface area is 232 Å². The van der Waals surface area contributed by atoms with E-state index >= 15 is 0 Å². The zero-order valence-electron chi connectivity index (χ0n) is 22.6. The van der Waals surface area contributed by atoms with Gasteiger partial charge in [0.2, 0.25) is 0 Å². The Morgan fingerprint density at radius 3 is 2.65 bits per heavy atom. The molecule has 0 spiro atoms. The molecule has 7 rings (SSSR count). The van der Waals surface area contributed by atoms with Crippen LogP contribution >= 0.6 is 0 Å². The van der Waals surface area contributed by atoms with E-state index in [1.807, 2.05) is 37.5 Å². The minimum Gasteiger partial charge on any atom is -0.391 e. The van der Waals surface area contributed by atoms with Crippen LogP contribution in [0.4, 0.5) is 5.82 Å². The van der Waals surface area contributed by atoms with E-state index < -0.39 is 6.10 Å². The number of hydrogen-bond donors (Lipinski definition) is 2. The molecule has 5 aromatic rings. The summed E-state index contributed by atoms with van der Waals surface area (Å²) in [5, 5.41) is 18.7. The highest BCUT2D eigenvalue weighted by Gasteiger charge is 2.31. The molecule has 0 radical (unpaired) electrons. The maximum Gasteiger partial charge on any atom is 0.257 e. The summed E-state index contributed by atoms with van der Waals surface area (Å²) >= 11 is 0. The number of rotatable bonds is 7. The largest absolute Gasteiger partial charge is 0.391 e. The number of benzene rings is 1. The number of nitrogens with one attached hydrogen (secondary N) is 1. The molecule has 2 aliphatic rings. The van der Waals surface area contributed by atoms with Gasteiger partial charge in [-0.15, -0.1) is 0 Å². The van der Waals surface area contributed by atoms with Gasteiger partial charge in [-0.2, -0.15) is 9.61 Å². The standard InChI is InChI=1S/C31H33N7O2/c1-36(18-20-8-3-2-4-9-20)28-16-26(24-19-37(21-10-5-6-11-21)29-22(24)12-7-15-32-29)34-30-23(17-33-38(28)30)31(40)35-25-13-14-27(25)39/h2-4,7-9,12,15-17,19,21,25,27,39H,5-6,10-11,13-14,18H2,1H3,(H,35,40)/t25-,27+/m0/s1. The highest BCUT2D eigenvalue weighted by Crippen LogP contribution is 2.37. The van der Waals surface area contributed by atoms with Gasteiger partial charge in [-0.05, 0) is 43.4 Å².